The van der Waals surface area contributed by atoms with Crippen molar-refractivity contribution in [1.29, 1.82) is 0 Å². The Kier molecular flexibility index (Phi) is 4.35. The molecule has 0 spiro atoms. The van der Waals surface area contributed by atoms with Crippen LogP contribution < -0.4 is 5.32 Å². The van der Waals surface area contributed by atoms with Gasteiger partial charge in [-0.1, -0.05) is 42.5 Å². The van der Waals surface area contributed by atoms with E-state index in [0.29, 0.717) is 11.8 Å². The van der Waals surface area contributed by atoms with Gasteiger partial charge in [0.25, 0.3) is 0 Å². The third-order valence-electron chi connectivity index (χ3n) is 4.55. The van der Waals surface area contributed by atoms with Crippen LogP contribution >= 0.6 is 0 Å². The van der Waals surface area contributed by atoms with Gasteiger partial charge >= 0.3 is 0 Å². The highest BCUT2D eigenvalue weighted by atomic mass is 19.1. The Morgan fingerprint density at radius 1 is 1.10 bits per heavy atom. The molecule has 0 heterocycles. The quantitative estimate of drug-likeness (QED) is 0.844. The normalized spacial score (nSPS) is 22.0. The molecule has 2 aromatic carbocycles. The first kappa shape index (κ1) is 14.3. The summed E-state index contributed by atoms with van der Waals surface area (Å²) < 4.78 is 13.0. The van der Waals surface area contributed by atoms with Crippen molar-refractivity contribution in [2.45, 2.75) is 18.8 Å². The van der Waals surface area contributed by atoms with Gasteiger partial charge in [0.05, 0.1) is 0 Å². The summed E-state index contributed by atoms with van der Waals surface area (Å²) in [4.78, 5) is 0. The van der Waals surface area contributed by atoms with Crippen LogP contribution in [0.5, 0.6) is 0 Å². The van der Waals surface area contributed by atoms with Gasteiger partial charge in [0.15, 0.2) is 0 Å². The molecule has 2 aromatic rings. The molecule has 3 rings (SSSR count). The second kappa shape index (κ2) is 6.40. The van der Waals surface area contributed by atoms with Gasteiger partial charge in [-0.15, -0.1) is 0 Å². The highest BCUT2D eigenvalue weighted by molar-refractivity contribution is 5.27. The van der Waals surface area contributed by atoms with Crippen LogP contribution in [0.15, 0.2) is 54.6 Å². The number of halogens is 1. The second-order valence-electron chi connectivity index (χ2n) is 6.07. The van der Waals surface area contributed by atoms with Crippen LogP contribution in [0.2, 0.25) is 0 Å². The summed E-state index contributed by atoms with van der Waals surface area (Å²) in [6.07, 6.45) is 2.30. The Hall–Kier alpha value is -1.67. The first-order valence-corrected chi connectivity index (χ1v) is 7.72. The highest BCUT2D eigenvalue weighted by Gasteiger charge is 2.43. The van der Waals surface area contributed by atoms with Gasteiger partial charge in [0.2, 0.25) is 0 Å². The minimum absolute atomic E-state index is 0.155. The number of hydrogen-bond acceptors (Lipinski definition) is 1. The van der Waals surface area contributed by atoms with E-state index in [1.54, 1.807) is 12.1 Å². The van der Waals surface area contributed by atoms with Gasteiger partial charge in [-0.2, -0.15) is 0 Å². The first-order valence-electron chi connectivity index (χ1n) is 7.72. The second-order valence-corrected chi connectivity index (χ2v) is 6.07. The molecule has 1 aliphatic carbocycles. The van der Waals surface area contributed by atoms with Crippen molar-refractivity contribution in [3.63, 3.8) is 0 Å². The molecule has 110 valence electrons. The van der Waals surface area contributed by atoms with Gasteiger partial charge in [-0.3, -0.25) is 0 Å². The number of rotatable bonds is 6. The van der Waals surface area contributed by atoms with Crippen molar-refractivity contribution in [3.8, 4) is 0 Å². The Balaban J connectivity index is 1.67. The number of nitrogens with one attached hydrogen (secondary N) is 1. The largest absolute Gasteiger partial charge is 0.319 e. The molecule has 3 atom stereocenters. The summed E-state index contributed by atoms with van der Waals surface area (Å²) in [5, 5.41) is 3.32. The van der Waals surface area contributed by atoms with Crippen LogP contribution in [0, 0.1) is 17.7 Å². The van der Waals surface area contributed by atoms with E-state index in [1.807, 2.05) is 19.2 Å². The molecule has 3 unspecified atom stereocenters. The predicted molar refractivity (Wildman–Crippen MR) is 84.8 cm³/mol. The van der Waals surface area contributed by atoms with Crippen LogP contribution in [0.4, 0.5) is 4.39 Å². The van der Waals surface area contributed by atoms with Crippen molar-refractivity contribution in [2.24, 2.45) is 11.8 Å². The Morgan fingerprint density at radius 3 is 2.48 bits per heavy atom. The van der Waals surface area contributed by atoms with E-state index in [1.165, 1.54) is 17.5 Å². The lowest BCUT2D eigenvalue weighted by atomic mass is 9.92. The Morgan fingerprint density at radius 2 is 1.81 bits per heavy atom. The van der Waals surface area contributed by atoms with E-state index in [4.69, 9.17) is 0 Å². The third-order valence-corrected chi connectivity index (χ3v) is 4.55. The molecule has 0 aromatic heterocycles. The molecule has 0 bridgehead atoms. The molecule has 21 heavy (non-hydrogen) atoms. The zero-order valence-corrected chi connectivity index (χ0v) is 12.4. The molecule has 0 amide bonds. The zero-order valence-electron chi connectivity index (χ0n) is 12.4. The lowest BCUT2D eigenvalue weighted by Gasteiger charge is -2.17. The summed E-state index contributed by atoms with van der Waals surface area (Å²) in [7, 11) is 2.01. The molecule has 1 fully saturated rings. The fourth-order valence-corrected chi connectivity index (χ4v) is 3.38. The fourth-order valence-electron chi connectivity index (χ4n) is 3.38. The standard InChI is InChI=1S/C19H22FN/c1-21-13-16(11-14-7-9-17(20)10-8-14)19-12-18(19)15-5-3-2-4-6-15/h2-10,16,18-19,21H,11-13H2,1H3. The van der Waals surface area contributed by atoms with Crippen LogP contribution in [0.1, 0.15) is 23.5 Å². The van der Waals surface area contributed by atoms with Crippen molar-refractivity contribution >= 4 is 0 Å². The summed E-state index contributed by atoms with van der Waals surface area (Å²) in [5.74, 6) is 1.90. The van der Waals surface area contributed by atoms with Gasteiger partial charge in [-0.25, -0.2) is 4.39 Å². The van der Waals surface area contributed by atoms with Crippen LogP contribution in [0.25, 0.3) is 0 Å². The SMILES string of the molecule is CNCC(Cc1ccc(F)cc1)C1CC1c1ccccc1. The minimum Gasteiger partial charge on any atom is -0.319 e. The van der Waals surface area contributed by atoms with Crippen LogP contribution in [-0.4, -0.2) is 13.6 Å². The van der Waals surface area contributed by atoms with Gasteiger partial charge < -0.3 is 5.32 Å². The molecule has 0 saturated heterocycles. The van der Waals surface area contributed by atoms with Gasteiger partial charge in [0.1, 0.15) is 5.82 Å². The van der Waals surface area contributed by atoms with E-state index in [2.05, 4.69) is 35.6 Å². The topological polar surface area (TPSA) is 12.0 Å². The predicted octanol–water partition coefficient (Wildman–Crippen LogP) is 4.01. The van der Waals surface area contributed by atoms with E-state index in [0.717, 1.165) is 18.9 Å². The zero-order chi connectivity index (χ0) is 14.7. The maximum absolute atomic E-state index is 13.0. The first-order chi connectivity index (χ1) is 10.3. The van der Waals surface area contributed by atoms with E-state index < -0.39 is 0 Å². The van der Waals surface area contributed by atoms with Crippen molar-refractivity contribution in [1.82, 2.24) is 5.32 Å². The third kappa shape index (κ3) is 3.51. The summed E-state index contributed by atoms with van der Waals surface area (Å²) in [6, 6.07) is 17.7. The van der Waals surface area contributed by atoms with Crippen molar-refractivity contribution in [3.05, 3.63) is 71.5 Å². The summed E-state index contributed by atoms with van der Waals surface area (Å²) in [5.41, 5.74) is 2.69. The number of hydrogen-bond donors (Lipinski definition) is 1. The molecule has 1 nitrogen and oxygen atoms in total. The maximum atomic E-state index is 13.0. The molecule has 0 radical (unpaired) electrons. The molecule has 1 saturated carbocycles. The van der Waals surface area contributed by atoms with Gasteiger partial charge in [0, 0.05) is 0 Å². The van der Waals surface area contributed by atoms with Crippen LogP contribution in [0.3, 0.4) is 0 Å². The monoisotopic (exact) mass is 283 g/mol. The lowest BCUT2D eigenvalue weighted by Crippen LogP contribution is -2.23. The molecule has 0 aliphatic heterocycles. The van der Waals surface area contributed by atoms with E-state index >= 15 is 0 Å². The Labute approximate surface area is 126 Å². The molecular formula is C19H22FN. The average Bonchev–Trinajstić information content (AvgIpc) is 3.30. The highest BCUT2D eigenvalue weighted by Crippen LogP contribution is 2.52. The van der Waals surface area contributed by atoms with Crippen molar-refractivity contribution < 1.29 is 4.39 Å². The molecule has 1 N–H and O–H groups in total. The van der Waals surface area contributed by atoms with E-state index in [-0.39, 0.29) is 5.82 Å². The van der Waals surface area contributed by atoms with Crippen molar-refractivity contribution in [2.75, 3.05) is 13.6 Å². The van der Waals surface area contributed by atoms with Crippen LogP contribution in [-0.2, 0) is 6.42 Å². The minimum atomic E-state index is -0.155. The molecule has 1 aliphatic rings. The summed E-state index contributed by atoms with van der Waals surface area (Å²) >= 11 is 0. The Bertz CT molecular complexity index is 564. The maximum Gasteiger partial charge on any atom is 0.123 e. The average molecular weight is 283 g/mol. The van der Waals surface area contributed by atoms with Gasteiger partial charge in [-0.05, 0) is 67.4 Å². The fraction of sp³-hybridized carbons (Fsp3) is 0.368. The summed E-state index contributed by atoms with van der Waals surface area (Å²) in [6.45, 7) is 1.02. The number of benzene rings is 2. The molecule has 2 heteroatoms. The lowest BCUT2D eigenvalue weighted by molar-refractivity contribution is 0.431. The van der Waals surface area contributed by atoms with E-state index in [9.17, 15) is 4.39 Å². The molecular weight excluding hydrogens is 261 g/mol. The smallest absolute Gasteiger partial charge is 0.123 e.